The van der Waals surface area contributed by atoms with Crippen LogP contribution in [0.5, 0.6) is 0 Å². The third-order valence-corrected chi connectivity index (χ3v) is 1.38. The Morgan fingerprint density at radius 3 is 2.62 bits per heavy atom. The highest BCUT2D eigenvalue weighted by Gasteiger charge is 2.00. The van der Waals surface area contributed by atoms with Crippen LogP contribution in [0.3, 0.4) is 0 Å². The minimum atomic E-state index is -0.108. The number of rotatable bonds is 1. The highest BCUT2D eigenvalue weighted by molar-refractivity contribution is 5.85. The molecule has 0 spiro atoms. The van der Waals surface area contributed by atoms with E-state index in [1.165, 1.54) is 0 Å². The number of nitrogens with zero attached hydrogens (tertiary/aromatic N) is 2. The molecular formula is C8H11Cl2N3. The molecule has 0 aliphatic rings. The van der Waals surface area contributed by atoms with Crippen LogP contribution in [0, 0.1) is 11.3 Å². The molecule has 0 amide bonds. The molecule has 0 aromatic carbocycles. The van der Waals surface area contributed by atoms with E-state index >= 15 is 0 Å². The van der Waals surface area contributed by atoms with Crippen molar-refractivity contribution in [2.75, 3.05) is 0 Å². The van der Waals surface area contributed by atoms with Crippen LogP contribution in [0.1, 0.15) is 24.2 Å². The molecule has 1 heterocycles. The van der Waals surface area contributed by atoms with E-state index in [9.17, 15) is 0 Å². The Labute approximate surface area is 89.8 Å². The fraction of sp³-hybridized carbons (Fsp3) is 0.250. The number of hydrogen-bond acceptors (Lipinski definition) is 3. The van der Waals surface area contributed by atoms with Crippen LogP contribution < -0.4 is 5.73 Å². The number of halogens is 2. The summed E-state index contributed by atoms with van der Waals surface area (Å²) in [6, 6.07) is 5.28. The number of pyridine rings is 1. The van der Waals surface area contributed by atoms with Crippen molar-refractivity contribution >= 4 is 24.8 Å². The smallest absolute Gasteiger partial charge is 0.0992 e. The molecule has 1 aromatic heterocycles. The van der Waals surface area contributed by atoms with Gasteiger partial charge < -0.3 is 5.73 Å². The lowest BCUT2D eigenvalue weighted by Crippen LogP contribution is -2.06. The topological polar surface area (TPSA) is 62.7 Å². The summed E-state index contributed by atoms with van der Waals surface area (Å²) < 4.78 is 0. The molecule has 1 atom stereocenters. The van der Waals surface area contributed by atoms with Crippen molar-refractivity contribution in [2.24, 2.45) is 5.73 Å². The summed E-state index contributed by atoms with van der Waals surface area (Å²) in [6.07, 6.45) is 1.59. The van der Waals surface area contributed by atoms with E-state index < -0.39 is 0 Å². The first-order valence-corrected chi connectivity index (χ1v) is 3.35. The molecule has 2 N–H and O–H groups in total. The van der Waals surface area contributed by atoms with Crippen molar-refractivity contribution in [2.45, 2.75) is 13.0 Å². The number of nitriles is 1. The average molecular weight is 220 g/mol. The van der Waals surface area contributed by atoms with Gasteiger partial charge in [-0.15, -0.1) is 24.8 Å². The molecule has 0 saturated heterocycles. The zero-order chi connectivity index (χ0) is 8.27. The minimum absolute atomic E-state index is 0. The van der Waals surface area contributed by atoms with Crippen LogP contribution in [0.4, 0.5) is 0 Å². The maximum Gasteiger partial charge on any atom is 0.0992 e. The Kier molecular flexibility index (Phi) is 7.54. The minimum Gasteiger partial charge on any atom is -0.323 e. The number of hydrogen-bond donors (Lipinski definition) is 1. The van der Waals surface area contributed by atoms with Crippen LogP contribution in [0.2, 0.25) is 0 Å². The molecule has 0 bridgehead atoms. The first-order valence-electron chi connectivity index (χ1n) is 3.35. The van der Waals surface area contributed by atoms with Crippen molar-refractivity contribution in [3.8, 4) is 6.07 Å². The Morgan fingerprint density at radius 2 is 2.15 bits per heavy atom. The average Bonchev–Trinajstić information content (AvgIpc) is 2.05. The van der Waals surface area contributed by atoms with Crippen molar-refractivity contribution < 1.29 is 0 Å². The van der Waals surface area contributed by atoms with Crippen molar-refractivity contribution in [3.05, 3.63) is 29.6 Å². The highest BCUT2D eigenvalue weighted by atomic mass is 35.5. The van der Waals surface area contributed by atoms with E-state index in [0.29, 0.717) is 5.56 Å². The maximum absolute atomic E-state index is 8.53. The van der Waals surface area contributed by atoms with Crippen LogP contribution in [-0.4, -0.2) is 4.98 Å². The van der Waals surface area contributed by atoms with E-state index in [4.69, 9.17) is 11.0 Å². The molecule has 1 aromatic rings. The molecule has 0 fully saturated rings. The van der Waals surface area contributed by atoms with Gasteiger partial charge in [0.2, 0.25) is 0 Å². The summed E-state index contributed by atoms with van der Waals surface area (Å²) in [7, 11) is 0. The Hall–Kier alpha value is -0.820. The van der Waals surface area contributed by atoms with Gasteiger partial charge in [0.05, 0.1) is 17.3 Å². The molecule has 0 radical (unpaired) electrons. The summed E-state index contributed by atoms with van der Waals surface area (Å²) in [6.45, 7) is 1.84. The Bertz CT molecular complexity index is 294. The second-order valence-corrected chi connectivity index (χ2v) is 2.37. The van der Waals surface area contributed by atoms with Crippen molar-refractivity contribution in [1.29, 1.82) is 5.26 Å². The van der Waals surface area contributed by atoms with E-state index in [2.05, 4.69) is 4.98 Å². The molecule has 0 unspecified atom stereocenters. The van der Waals surface area contributed by atoms with Crippen LogP contribution in [0.25, 0.3) is 0 Å². The van der Waals surface area contributed by atoms with Crippen LogP contribution in [-0.2, 0) is 0 Å². The molecule has 13 heavy (non-hydrogen) atoms. The zero-order valence-corrected chi connectivity index (χ0v) is 8.73. The molecule has 0 saturated carbocycles. The third-order valence-electron chi connectivity index (χ3n) is 1.38. The normalized spacial score (nSPS) is 10.2. The van der Waals surface area contributed by atoms with Gasteiger partial charge in [0, 0.05) is 12.2 Å². The molecule has 3 nitrogen and oxygen atoms in total. The standard InChI is InChI=1S/C8H9N3.2ClH/c1-6(10)8-4-7(5-9)2-3-11-8;;/h2-4,6H,10H2,1H3;2*1H/t6-;;/m1../s1. The lowest BCUT2D eigenvalue weighted by molar-refractivity contribution is 0.780. The Morgan fingerprint density at radius 1 is 1.54 bits per heavy atom. The number of nitrogens with two attached hydrogens (primary N) is 1. The fourth-order valence-electron chi connectivity index (χ4n) is 0.767. The first kappa shape index (κ1) is 14.7. The predicted octanol–water partition coefficient (Wildman–Crippen LogP) is 1.82. The van der Waals surface area contributed by atoms with E-state index in [1.807, 2.05) is 13.0 Å². The van der Waals surface area contributed by atoms with E-state index in [0.717, 1.165) is 5.69 Å². The summed E-state index contributed by atoms with van der Waals surface area (Å²) in [4.78, 5) is 4.01. The van der Waals surface area contributed by atoms with Gasteiger partial charge in [-0.2, -0.15) is 5.26 Å². The molecule has 0 aliphatic heterocycles. The van der Waals surface area contributed by atoms with Gasteiger partial charge >= 0.3 is 0 Å². The molecule has 1 rings (SSSR count). The SMILES string of the molecule is C[C@@H](N)c1cc(C#N)ccn1.Cl.Cl. The monoisotopic (exact) mass is 219 g/mol. The summed E-state index contributed by atoms with van der Waals surface area (Å²) in [5.74, 6) is 0. The summed E-state index contributed by atoms with van der Waals surface area (Å²) in [5, 5.41) is 8.53. The maximum atomic E-state index is 8.53. The molecule has 72 valence electrons. The van der Waals surface area contributed by atoms with Gasteiger partial charge in [-0.1, -0.05) is 0 Å². The van der Waals surface area contributed by atoms with Gasteiger partial charge in [-0.05, 0) is 19.1 Å². The summed E-state index contributed by atoms with van der Waals surface area (Å²) in [5.41, 5.74) is 6.92. The fourth-order valence-corrected chi connectivity index (χ4v) is 0.767. The second-order valence-electron chi connectivity index (χ2n) is 2.37. The first-order chi connectivity index (χ1) is 5.24. The summed E-state index contributed by atoms with van der Waals surface area (Å²) >= 11 is 0. The van der Waals surface area contributed by atoms with Crippen LogP contribution in [0.15, 0.2) is 18.3 Å². The van der Waals surface area contributed by atoms with Gasteiger partial charge in [0.25, 0.3) is 0 Å². The predicted molar refractivity (Wildman–Crippen MR) is 56.1 cm³/mol. The zero-order valence-electron chi connectivity index (χ0n) is 7.10. The number of aromatic nitrogens is 1. The largest absolute Gasteiger partial charge is 0.323 e. The lowest BCUT2D eigenvalue weighted by atomic mass is 10.2. The molecule has 5 heteroatoms. The lowest BCUT2D eigenvalue weighted by Gasteiger charge is -2.02. The van der Waals surface area contributed by atoms with Crippen molar-refractivity contribution in [1.82, 2.24) is 4.98 Å². The van der Waals surface area contributed by atoms with Crippen molar-refractivity contribution in [3.63, 3.8) is 0 Å². The quantitative estimate of drug-likeness (QED) is 0.784. The van der Waals surface area contributed by atoms with Crippen LogP contribution >= 0.6 is 24.8 Å². The van der Waals surface area contributed by atoms with E-state index in [1.54, 1.807) is 18.3 Å². The van der Waals surface area contributed by atoms with Gasteiger partial charge in [0.1, 0.15) is 0 Å². The van der Waals surface area contributed by atoms with Gasteiger partial charge in [0.15, 0.2) is 0 Å². The third kappa shape index (κ3) is 4.09. The second kappa shape index (κ2) is 6.67. The Balaban J connectivity index is 0. The van der Waals surface area contributed by atoms with Gasteiger partial charge in [-0.25, -0.2) is 0 Å². The highest BCUT2D eigenvalue weighted by Crippen LogP contribution is 2.06. The molecular weight excluding hydrogens is 209 g/mol. The van der Waals surface area contributed by atoms with E-state index in [-0.39, 0.29) is 30.9 Å². The molecule has 0 aliphatic carbocycles. The van der Waals surface area contributed by atoms with Gasteiger partial charge in [-0.3, -0.25) is 4.98 Å².